The Bertz CT molecular complexity index is 634. The van der Waals surface area contributed by atoms with Crippen LogP contribution in [0, 0.1) is 5.92 Å². The van der Waals surface area contributed by atoms with Crippen LogP contribution in [0.25, 0.3) is 0 Å². The van der Waals surface area contributed by atoms with Gasteiger partial charge in [0.2, 0.25) is 5.91 Å². The van der Waals surface area contributed by atoms with E-state index in [1.165, 1.54) is 0 Å². The molecule has 0 aliphatic carbocycles. The molecule has 1 aromatic carbocycles. The SMILES string of the molecule is CN=C(NCCCOC1CCOC1)NCc1cccc(NC(=O)CC(C)C)c1.I. The van der Waals surface area contributed by atoms with Crippen LogP contribution < -0.4 is 16.0 Å². The first kappa shape index (κ1) is 25.6. The van der Waals surface area contributed by atoms with E-state index in [1.807, 2.05) is 38.1 Å². The number of rotatable bonds is 10. The number of amides is 1. The molecule has 1 aliphatic rings. The normalized spacial score (nSPS) is 16.4. The molecule has 8 heteroatoms. The Kier molecular flexibility index (Phi) is 12.9. The molecule has 1 aliphatic heterocycles. The lowest BCUT2D eigenvalue weighted by Gasteiger charge is -2.14. The van der Waals surface area contributed by atoms with Gasteiger partial charge in [-0.05, 0) is 36.5 Å². The highest BCUT2D eigenvalue weighted by molar-refractivity contribution is 14.0. The van der Waals surface area contributed by atoms with Crippen molar-refractivity contribution in [2.45, 2.75) is 45.8 Å². The summed E-state index contributed by atoms with van der Waals surface area (Å²) in [6, 6.07) is 7.86. The van der Waals surface area contributed by atoms with Gasteiger partial charge in [-0.3, -0.25) is 9.79 Å². The molecule has 1 fully saturated rings. The molecule has 2 rings (SSSR count). The predicted molar refractivity (Wildman–Crippen MR) is 128 cm³/mol. The number of aliphatic imine (C=N–C) groups is 1. The average Bonchev–Trinajstić information content (AvgIpc) is 3.17. The fraction of sp³-hybridized carbons (Fsp3) is 0.619. The zero-order valence-electron chi connectivity index (χ0n) is 17.7. The van der Waals surface area contributed by atoms with Gasteiger partial charge < -0.3 is 25.4 Å². The maximum Gasteiger partial charge on any atom is 0.224 e. The van der Waals surface area contributed by atoms with Crippen molar-refractivity contribution in [3.8, 4) is 0 Å². The molecular formula is C21H35IN4O3. The Morgan fingerprint density at radius 3 is 2.86 bits per heavy atom. The number of anilines is 1. The minimum atomic E-state index is 0. The molecular weight excluding hydrogens is 483 g/mol. The van der Waals surface area contributed by atoms with Gasteiger partial charge in [0.25, 0.3) is 0 Å². The van der Waals surface area contributed by atoms with E-state index in [0.29, 0.717) is 25.5 Å². The van der Waals surface area contributed by atoms with Crippen LogP contribution in [-0.2, 0) is 20.8 Å². The van der Waals surface area contributed by atoms with E-state index in [-0.39, 0.29) is 36.0 Å². The molecule has 1 atom stereocenters. The van der Waals surface area contributed by atoms with Gasteiger partial charge in [0, 0.05) is 45.5 Å². The summed E-state index contributed by atoms with van der Waals surface area (Å²) < 4.78 is 11.1. The van der Waals surface area contributed by atoms with Gasteiger partial charge >= 0.3 is 0 Å². The van der Waals surface area contributed by atoms with Gasteiger partial charge in [0.1, 0.15) is 0 Å². The van der Waals surface area contributed by atoms with Crippen molar-refractivity contribution in [2.24, 2.45) is 10.9 Å². The maximum absolute atomic E-state index is 11.9. The fourth-order valence-electron chi connectivity index (χ4n) is 2.92. The summed E-state index contributed by atoms with van der Waals surface area (Å²) in [5, 5.41) is 9.54. The lowest BCUT2D eigenvalue weighted by atomic mass is 10.1. The van der Waals surface area contributed by atoms with Crippen LogP contribution in [0.4, 0.5) is 5.69 Å². The number of carbonyl (C=O) groups is 1. The summed E-state index contributed by atoms with van der Waals surface area (Å²) in [5.41, 5.74) is 1.90. The number of nitrogens with zero attached hydrogens (tertiary/aromatic N) is 1. The molecule has 0 aromatic heterocycles. The van der Waals surface area contributed by atoms with Crippen LogP contribution in [0.1, 0.15) is 38.7 Å². The number of benzene rings is 1. The Morgan fingerprint density at radius 1 is 1.34 bits per heavy atom. The first-order valence-corrected chi connectivity index (χ1v) is 10.1. The summed E-state index contributed by atoms with van der Waals surface area (Å²) in [5.74, 6) is 1.14. The minimum Gasteiger partial charge on any atom is -0.379 e. The summed E-state index contributed by atoms with van der Waals surface area (Å²) in [4.78, 5) is 16.2. The molecule has 1 unspecified atom stereocenters. The first-order valence-electron chi connectivity index (χ1n) is 10.1. The lowest BCUT2D eigenvalue weighted by Crippen LogP contribution is -2.37. The van der Waals surface area contributed by atoms with Crippen molar-refractivity contribution in [1.29, 1.82) is 0 Å². The number of halogens is 1. The summed E-state index contributed by atoms with van der Waals surface area (Å²) in [6.45, 7) is 7.73. The van der Waals surface area contributed by atoms with Gasteiger partial charge in [-0.1, -0.05) is 26.0 Å². The number of hydrogen-bond donors (Lipinski definition) is 3. The predicted octanol–water partition coefficient (Wildman–Crippen LogP) is 3.15. The van der Waals surface area contributed by atoms with Gasteiger partial charge in [-0.2, -0.15) is 0 Å². The van der Waals surface area contributed by atoms with E-state index in [2.05, 4.69) is 20.9 Å². The minimum absolute atomic E-state index is 0. The van der Waals surface area contributed by atoms with E-state index < -0.39 is 0 Å². The first-order chi connectivity index (χ1) is 13.6. The second-order valence-electron chi connectivity index (χ2n) is 7.41. The summed E-state index contributed by atoms with van der Waals surface area (Å²) in [7, 11) is 1.75. The third kappa shape index (κ3) is 10.8. The van der Waals surface area contributed by atoms with E-state index in [1.54, 1.807) is 7.05 Å². The maximum atomic E-state index is 11.9. The Labute approximate surface area is 191 Å². The molecule has 1 heterocycles. The number of ether oxygens (including phenoxy) is 2. The second-order valence-corrected chi connectivity index (χ2v) is 7.41. The molecule has 1 amide bonds. The molecule has 0 spiro atoms. The third-order valence-corrected chi connectivity index (χ3v) is 4.34. The lowest BCUT2D eigenvalue weighted by molar-refractivity contribution is -0.116. The van der Waals surface area contributed by atoms with Crippen molar-refractivity contribution in [3.63, 3.8) is 0 Å². The number of carbonyl (C=O) groups excluding carboxylic acids is 1. The molecule has 29 heavy (non-hydrogen) atoms. The zero-order chi connectivity index (χ0) is 20.2. The van der Waals surface area contributed by atoms with Gasteiger partial charge in [0.15, 0.2) is 5.96 Å². The van der Waals surface area contributed by atoms with Gasteiger partial charge in [-0.15, -0.1) is 24.0 Å². The van der Waals surface area contributed by atoms with Crippen molar-refractivity contribution in [3.05, 3.63) is 29.8 Å². The van der Waals surface area contributed by atoms with Crippen LogP contribution in [-0.4, -0.2) is 51.4 Å². The Hall–Kier alpha value is -1.39. The van der Waals surface area contributed by atoms with E-state index in [4.69, 9.17) is 9.47 Å². The quantitative estimate of drug-likeness (QED) is 0.192. The van der Waals surface area contributed by atoms with Gasteiger partial charge in [0.05, 0.1) is 12.7 Å². The molecule has 0 saturated carbocycles. The smallest absolute Gasteiger partial charge is 0.224 e. The zero-order valence-corrected chi connectivity index (χ0v) is 20.0. The highest BCUT2D eigenvalue weighted by Gasteiger charge is 2.15. The third-order valence-electron chi connectivity index (χ3n) is 4.34. The van der Waals surface area contributed by atoms with Crippen molar-refractivity contribution in [1.82, 2.24) is 10.6 Å². The summed E-state index contributed by atoms with van der Waals surface area (Å²) >= 11 is 0. The Morgan fingerprint density at radius 2 is 2.17 bits per heavy atom. The van der Waals surface area contributed by atoms with E-state index in [0.717, 1.165) is 49.8 Å². The molecule has 0 radical (unpaired) electrons. The van der Waals surface area contributed by atoms with E-state index >= 15 is 0 Å². The van der Waals surface area contributed by atoms with Gasteiger partial charge in [-0.25, -0.2) is 0 Å². The molecule has 0 bridgehead atoms. The standard InChI is InChI=1S/C21H34N4O3.HI/c1-16(2)12-20(26)25-18-7-4-6-17(13-18)14-24-21(22-3)23-9-5-10-28-19-8-11-27-15-19;/h4,6-7,13,16,19H,5,8-12,14-15H2,1-3H3,(H,25,26)(H2,22,23,24);1H. The molecule has 164 valence electrons. The molecule has 3 N–H and O–H groups in total. The highest BCUT2D eigenvalue weighted by atomic mass is 127. The van der Waals surface area contributed by atoms with Crippen molar-refractivity contribution >= 4 is 41.5 Å². The molecule has 1 saturated heterocycles. The van der Waals surface area contributed by atoms with Crippen LogP contribution in [0.5, 0.6) is 0 Å². The topological polar surface area (TPSA) is 84.0 Å². The fourth-order valence-corrected chi connectivity index (χ4v) is 2.92. The average molecular weight is 518 g/mol. The number of nitrogens with one attached hydrogen (secondary N) is 3. The van der Waals surface area contributed by atoms with E-state index in [9.17, 15) is 4.79 Å². The Balaban J connectivity index is 0.00000420. The van der Waals surface area contributed by atoms with Crippen LogP contribution in [0.2, 0.25) is 0 Å². The van der Waals surface area contributed by atoms with Crippen LogP contribution >= 0.6 is 24.0 Å². The number of guanidine groups is 1. The highest BCUT2D eigenvalue weighted by Crippen LogP contribution is 2.12. The van der Waals surface area contributed by atoms with Crippen molar-refractivity contribution < 1.29 is 14.3 Å². The largest absolute Gasteiger partial charge is 0.379 e. The van der Waals surface area contributed by atoms with Crippen molar-refractivity contribution in [2.75, 3.05) is 38.7 Å². The monoisotopic (exact) mass is 518 g/mol. The van der Waals surface area contributed by atoms with Crippen LogP contribution in [0.3, 0.4) is 0 Å². The summed E-state index contributed by atoms with van der Waals surface area (Å²) in [6.07, 6.45) is 2.68. The molecule has 7 nitrogen and oxygen atoms in total. The number of hydrogen-bond acceptors (Lipinski definition) is 4. The molecule has 1 aromatic rings. The second kappa shape index (κ2) is 14.6. The van der Waals surface area contributed by atoms with Crippen LogP contribution in [0.15, 0.2) is 29.3 Å².